The van der Waals surface area contributed by atoms with Gasteiger partial charge in [0, 0.05) is 25.4 Å². The second-order valence-electron chi connectivity index (χ2n) is 10.0. The quantitative estimate of drug-likeness (QED) is 0.244. The molecule has 1 saturated carbocycles. The highest BCUT2D eigenvalue weighted by molar-refractivity contribution is 7.99. The largest absolute Gasteiger partial charge is 0.447 e. The summed E-state index contributed by atoms with van der Waals surface area (Å²) in [6.07, 6.45) is 7.66. The predicted molar refractivity (Wildman–Crippen MR) is 158 cm³/mol. The number of amides is 2. The number of carbonyl (C=O) groups excluding carboxylic acids is 2. The maximum atomic E-state index is 13.3. The minimum absolute atomic E-state index is 0. The first-order valence-corrected chi connectivity index (χ1v) is 14.9. The molecule has 1 heterocycles. The molecule has 2 aliphatic rings. The standard InChI is InChI=1S/C27H42N4O3S2.ClH/c1-20(2)34-27(33)31-19-36-18-24(31)25(32)30-23(14-13-21-9-5-3-6-10-21)26(35)29-16-15-28-17-22-11-7-4-8-12-22;/h4,7-8,11-12,20-21,23-24,28H,3,5-6,9-10,13-19H2,1-2H3,(H,29,35)(H,30,32);1H/t23-,24+;/m1./s1. The third-order valence-corrected chi connectivity index (χ3v) is 8.19. The smallest absolute Gasteiger partial charge is 0.411 e. The molecule has 0 aromatic heterocycles. The monoisotopic (exact) mass is 570 g/mol. The molecule has 10 heteroatoms. The summed E-state index contributed by atoms with van der Waals surface area (Å²) < 4.78 is 5.35. The molecule has 0 unspecified atom stereocenters. The molecule has 1 aliphatic heterocycles. The summed E-state index contributed by atoms with van der Waals surface area (Å²) in [5.74, 6) is 1.58. The van der Waals surface area contributed by atoms with Crippen LogP contribution >= 0.6 is 36.4 Å². The van der Waals surface area contributed by atoms with Crippen molar-refractivity contribution in [1.82, 2.24) is 20.9 Å². The van der Waals surface area contributed by atoms with Crippen molar-refractivity contribution in [2.45, 2.75) is 83.5 Å². The fourth-order valence-corrected chi connectivity index (χ4v) is 6.17. The fourth-order valence-electron chi connectivity index (χ4n) is 4.75. The van der Waals surface area contributed by atoms with E-state index in [2.05, 4.69) is 28.1 Å². The molecule has 1 saturated heterocycles. The van der Waals surface area contributed by atoms with Crippen LogP contribution in [-0.4, -0.2) is 64.8 Å². The second-order valence-corrected chi connectivity index (χ2v) is 11.5. The number of thioether (sulfide) groups is 1. The zero-order chi connectivity index (χ0) is 25.8. The van der Waals surface area contributed by atoms with Gasteiger partial charge in [-0.2, -0.15) is 0 Å². The van der Waals surface area contributed by atoms with E-state index in [0.717, 1.165) is 25.9 Å². The minimum atomic E-state index is -0.534. The van der Waals surface area contributed by atoms with Gasteiger partial charge in [-0.3, -0.25) is 9.69 Å². The average molecular weight is 571 g/mol. The van der Waals surface area contributed by atoms with Crippen LogP contribution in [0.25, 0.3) is 0 Å². The first-order chi connectivity index (χ1) is 17.4. The first-order valence-electron chi connectivity index (χ1n) is 13.3. The highest BCUT2D eigenvalue weighted by Crippen LogP contribution is 2.28. The van der Waals surface area contributed by atoms with Crippen LogP contribution in [0.15, 0.2) is 30.3 Å². The number of halogens is 1. The molecule has 2 atom stereocenters. The Morgan fingerprint density at radius 2 is 1.86 bits per heavy atom. The Morgan fingerprint density at radius 3 is 2.57 bits per heavy atom. The third kappa shape index (κ3) is 11.0. The minimum Gasteiger partial charge on any atom is -0.447 e. The normalized spacial score (nSPS) is 18.7. The van der Waals surface area contributed by atoms with E-state index in [0.29, 0.717) is 29.1 Å². The predicted octanol–water partition coefficient (Wildman–Crippen LogP) is 4.88. The van der Waals surface area contributed by atoms with Gasteiger partial charge in [-0.25, -0.2) is 4.79 Å². The number of nitrogens with zero attached hydrogens (tertiary/aromatic N) is 1. The molecule has 1 aromatic carbocycles. The number of carbonyl (C=O) groups is 2. The van der Waals surface area contributed by atoms with Crippen LogP contribution in [0.5, 0.6) is 0 Å². The van der Waals surface area contributed by atoms with Crippen molar-refractivity contribution in [1.29, 1.82) is 0 Å². The van der Waals surface area contributed by atoms with Gasteiger partial charge in [0.15, 0.2) is 0 Å². The van der Waals surface area contributed by atoms with Crippen molar-refractivity contribution in [3.63, 3.8) is 0 Å². The first kappa shape index (κ1) is 31.7. The average Bonchev–Trinajstić information content (AvgIpc) is 3.37. The second kappa shape index (κ2) is 17.1. The summed E-state index contributed by atoms with van der Waals surface area (Å²) >= 11 is 7.32. The van der Waals surface area contributed by atoms with Crippen molar-refractivity contribution in [3.05, 3.63) is 35.9 Å². The molecule has 1 aromatic rings. The van der Waals surface area contributed by atoms with E-state index in [4.69, 9.17) is 17.0 Å². The molecule has 0 radical (unpaired) electrons. The molecule has 0 bridgehead atoms. The summed E-state index contributed by atoms with van der Waals surface area (Å²) in [7, 11) is 0. The lowest BCUT2D eigenvalue weighted by Gasteiger charge is -2.28. The van der Waals surface area contributed by atoms with Gasteiger partial charge >= 0.3 is 6.09 Å². The van der Waals surface area contributed by atoms with Crippen LogP contribution < -0.4 is 16.0 Å². The summed E-state index contributed by atoms with van der Waals surface area (Å²) in [6.45, 7) is 5.89. The van der Waals surface area contributed by atoms with Gasteiger partial charge in [0.2, 0.25) is 5.91 Å². The number of hydrogen-bond donors (Lipinski definition) is 3. The lowest BCUT2D eigenvalue weighted by Crippen LogP contribution is -2.54. The van der Waals surface area contributed by atoms with Crippen LogP contribution in [0.3, 0.4) is 0 Å². The van der Waals surface area contributed by atoms with Gasteiger partial charge in [0.05, 0.1) is 23.0 Å². The van der Waals surface area contributed by atoms with E-state index < -0.39 is 12.1 Å². The lowest BCUT2D eigenvalue weighted by molar-refractivity contribution is -0.125. The number of ether oxygens (including phenoxy) is 1. The van der Waals surface area contributed by atoms with Crippen molar-refractivity contribution in [2.24, 2.45) is 5.92 Å². The number of thiocarbonyl (C=S) groups is 1. The SMILES string of the molecule is CC(C)OC(=O)N1CSC[C@H]1C(=O)N[C@H](CCC1CCCCC1)C(=S)NCCNCc1ccccc1.Cl. The van der Waals surface area contributed by atoms with Gasteiger partial charge in [-0.15, -0.1) is 24.2 Å². The molecule has 0 spiro atoms. The Balaban J connectivity index is 0.00000481. The molecule has 37 heavy (non-hydrogen) atoms. The Morgan fingerprint density at radius 1 is 1.14 bits per heavy atom. The number of benzene rings is 1. The Bertz CT molecular complexity index is 840. The van der Waals surface area contributed by atoms with Gasteiger partial charge < -0.3 is 20.7 Å². The van der Waals surface area contributed by atoms with Gasteiger partial charge in [0.25, 0.3) is 0 Å². The van der Waals surface area contributed by atoms with Crippen molar-refractivity contribution in [2.75, 3.05) is 24.7 Å². The van der Waals surface area contributed by atoms with Crippen LogP contribution in [0.4, 0.5) is 4.79 Å². The van der Waals surface area contributed by atoms with E-state index in [-0.39, 0.29) is 30.5 Å². The van der Waals surface area contributed by atoms with E-state index >= 15 is 0 Å². The maximum absolute atomic E-state index is 13.3. The highest BCUT2D eigenvalue weighted by Gasteiger charge is 2.37. The van der Waals surface area contributed by atoms with Crippen LogP contribution in [0, 0.1) is 5.92 Å². The summed E-state index contributed by atoms with van der Waals surface area (Å²) in [6, 6.07) is 9.52. The van der Waals surface area contributed by atoms with Crippen molar-refractivity contribution < 1.29 is 14.3 Å². The number of nitrogens with one attached hydrogen (secondary N) is 3. The van der Waals surface area contributed by atoms with E-state index in [1.54, 1.807) is 11.8 Å². The summed E-state index contributed by atoms with van der Waals surface area (Å²) in [4.78, 5) is 28.0. The molecule has 208 valence electrons. The van der Waals surface area contributed by atoms with E-state index in [1.807, 2.05) is 32.0 Å². The molecule has 2 amide bonds. The summed E-state index contributed by atoms with van der Waals surface area (Å²) in [5.41, 5.74) is 1.24. The zero-order valence-corrected chi connectivity index (χ0v) is 24.5. The number of hydrogen-bond acceptors (Lipinski definition) is 6. The molecule has 7 nitrogen and oxygen atoms in total. The molecule has 2 fully saturated rings. The molecule has 1 aliphatic carbocycles. The van der Waals surface area contributed by atoms with Crippen LogP contribution in [0.2, 0.25) is 0 Å². The van der Waals surface area contributed by atoms with Gasteiger partial charge in [-0.05, 0) is 38.2 Å². The van der Waals surface area contributed by atoms with E-state index in [1.165, 1.54) is 42.6 Å². The third-order valence-electron chi connectivity index (χ3n) is 6.75. The van der Waals surface area contributed by atoms with Gasteiger partial charge in [0.1, 0.15) is 6.04 Å². The van der Waals surface area contributed by atoms with Crippen LogP contribution in [-0.2, 0) is 16.1 Å². The maximum Gasteiger partial charge on any atom is 0.411 e. The van der Waals surface area contributed by atoms with Crippen LogP contribution in [0.1, 0.15) is 64.4 Å². The Hall–Kier alpha value is -1.55. The van der Waals surface area contributed by atoms with Gasteiger partial charge in [-0.1, -0.05) is 74.7 Å². The topological polar surface area (TPSA) is 82.7 Å². The molecular formula is C27H43ClN4O3S2. The molecule has 3 rings (SSSR count). The van der Waals surface area contributed by atoms with Crippen molar-refractivity contribution in [3.8, 4) is 0 Å². The fraction of sp³-hybridized carbons (Fsp3) is 0.667. The Kier molecular flexibility index (Phi) is 14.7. The van der Waals surface area contributed by atoms with Crippen molar-refractivity contribution >= 4 is 53.4 Å². The molecular weight excluding hydrogens is 528 g/mol. The zero-order valence-electron chi connectivity index (χ0n) is 22.1. The summed E-state index contributed by atoms with van der Waals surface area (Å²) in [5, 5.41) is 9.96. The number of rotatable bonds is 12. The highest BCUT2D eigenvalue weighted by atomic mass is 35.5. The Labute approximate surface area is 238 Å². The lowest BCUT2D eigenvalue weighted by atomic mass is 9.85. The molecule has 3 N–H and O–H groups in total. The van der Waals surface area contributed by atoms with E-state index in [9.17, 15) is 9.59 Å².